The van der Waals surface area contributed by atoms with Crippen molar-refractivity contribution in [3.63, 3.8) is 0 Å². The van der Waals surface area contributed by atoms with Crippen LogP contribution in [-0.2, 0) is 14.3 Å². The predicted octanol–water partition coefficient (Wildman–Crippen LogP) is 3.67. The first-order valence-electron chi connectivity index (χ1n) is 6.95. The Kier molecular flexibility index (Phi) is 4.76. The van der Waals surface area contributed by atoms with Gasteiger partial charge in [-0.1, -0.05) is 18.2 Å². The summed E-state index contributed by atoms with van der Waals surface area (Å²) in [7, 11) is 0. The third-order valence-corrected chi connectivity index (χ3v) is 5.16. The summed E-state index contributed by atoms with van der Waals surface area (Å²) >= 11 is 1.79. The van der Waals surface area contributed by atoms with Crippen LogP contribution in [0.15, 0.2) is 35.2 Å². The maximum Gasteiger partial charge on any atom is 0.302 e. The monoisotopic (exact) mass is 294 g/mol. The van der Waals surface area contributed by atoms with Gasteiger partial charge < -0.3 is 9.47 Å². The second-order valence-corrected chi connectivity index (χ2v) is 7.01. The molecule has 0 aliphatic carbocycles. The summed E-state index contributed by atoms with van der Waals surface area (Å²) in [6.45, 7) is 7.63. The summed E-state index contributed by atoms with van der Waals surface area (Å²) in [6, 6.07) is 10.3. The Morgan fingerprint density at radius 2 is 2.00 bits per heavy atom. The van der Waals surface area contributed by atoms with Gasteiger partial charge in [0.15, 0.2) is 0 Å². The lowest BCUT2D eigenvalue weighted by molar-refractivity contribution is -0.179. The second kappa shape index (κ2) is 6.19. The van der Waals surface area contributed by atoms with Gasteiger partial charge in [-0.05, 0) is 32.9 Å². The van der Waals surface area contributed by atoms with Gasteiger partial charge in [-0.25, -0.2) is 0 Å². The van der Waals surface area contributed by atoms with Gasteiger partial charge in [-0.15, -0.1) is 11.8 Å². The van der Waals surface area contributed by atoms with E-state index in [-0.39, 0.29) is 29.0 Å². The Bertz CT molecular complexity index is 458. The zero-order valence-electron chi connectivity index (χ0n) is 12.5. The number of benzene rings is 1. The molecule has 1 heterocycles. The lowest BCUT2D eigenvalue weighted by Gasteiger charge is -2.44. The van der Waals surface area contributed by atoms with Crippen LogP contribution in [0.2, 0.25) is 0 Å². The van der Waals surface area contributed by atoms with Crippen LogP contribution in [0.4, 0.5) is 0 Å². The molecule has 4 heteroatoms. The molecule has 1 saturated heterocycles. The number of carbonyl (C=O) groups is 1. The van der Waals surface area contributed by atoms with Gasteiger partial charge in [0.25, 0.3) is 0 Å². The quantitative estimate of drug-likeness (QED) is 0.797. The average Bonchev–Trinajstić information content (AvgIpc) is 2.35. The van der Waals surface area contributed by atoms with Crippen molar-refractivity contribution < 1.29 is 14.3 Å². The summed E-state index contributed by atoms with van der Waals surface area (Å²) in [5, 5.41) is 0.255. The summed E-state index contributed by atoms with van der Waals surface area (Å²) in [5.41, 5.74) is -0.240. The Hall–Kier alpha value is -1.00. The summed E-state index contributed by atoms with van der Waals surface area (Å²) in [6.07, 6.45) is 0.580. The van der Waals surface area contributed by atoms with Crippen molar-refractivity contribution in [1.82, 2.24) is 0 Å². The van der Waals surface area contributed by atoms with E-state index in [0.29, 0.717) is 0 Å². The molecule has 110 valence electrons. The molecular weight excluding hydrogens is 272 g/mol. The number of rotatable bonds is 3. The summed E-state index contributed by atoms with van der Waals surface area (Å²) in [4.78, 5) is 12.4. The first-order chi connectivity index (χ1) is 9.38. The van der Waals surface area contributed by atoms with E-state index < -0.39 is 0 Å². The van der Waals surface area contributed by atoms with Gasteiger partial charge in [0, 0.05) is 23.5 Å². The highest BCUT2D eigenvalue weighted by Crippen LogP contribution is 2.40. The standard InChI is InChI=1S/C16H22O3S/c1-11-14(18-12(2)17)10-15(16(3,4)19-11)20-13-8-6-5-7-9-13/h5-9,11,14-15H,10H2,1-4H3/t11-,14+,15-/m1/s1. The molecule has 2 rings (SSSR count). The van der Waals surface area contributed by atoms with Crippen LogP contribution in [0, 0.1) is 0 Å². The largest absolute Gasteiger partial charge is 0.460 e. The summed E-state index contributed by atoms with van der Waals surface area (Å²) < 4.78 is 11.5. The lowest BCUT2D eigenvalue weighted by Crippen LogP contribution is -2.51. The number of esters is 1. The van der Waals surface area contributed by atoms with Crippen molar-refractivity contribution in [3.05, 3.63) is 30.3 Å². The van der Waals surface area contributed by atoms with E-state index in [4.69, 9.17) is 9.47 Å². The minimum atomic E-state index is -0.242. The van der Waals surface area contributed by atoms with Crippen LogP contribution in [-0.4, -0.2) is 29.0 Å². The van der Waals surface area contributed by atoms with Gasteiger partial charge in [0.1, 0.15) is 6.10 Å². The van der Waals surface area contributed by atoms with E-state index in [0.717, 1.165) is 6.42 Å². The van der Waals surface area contributed by atoms with Gasteiger partial charge in [-0.2, -0.15) is 0 Å². The zero-order valence-corrected chi connectivity index (χ0v) is 13.3. The van der Waals surface area contributed by atoms with E-state index >= 15 is 0 Å². The third kappa shape index (κ3) is 3.76. The molecule has 1 aromatic rings. The summed E-state index contributed by atoms with van der Waals surface area (Å²) in [5.74, 6) is -0.242. The normalized spacial score (nSPS) is 28.9. The van der Waals surface area contributed by atoms with E-state index in [9.17, 15) is 4.79 Å². The third-order valence-electron chi connectivity index (χ3n) is 3.57. The van der Waals surface area contributed by atoms with Gasteiger partial charge in [-0.3, -0.25) is 4.79 Å². The number of hydrogen-bond acceptors (Lipinski definition) is 4. The minimum Gasteiger partial charge on any atom is -0.460 e. The Morgan fingerprint density at radius 3 is 2.60 bits per heavy atom. The molecule has 0 spiro atoms. The topological polar surface area (TPSA) is 35.5 Å². The molecule has 20 heavy (non-hydrogen) atoms. The predicted molar refractivity (Wildman–Crippen MR) is 80.9 cm³/mol. The Labute approximate surface area is 125 Å². The zero-order chi connectivity index (χ0) is 14.8. The van der Waals surface area contributed by atoms with Crippen molar-refractivity contribution in [2.45, 2.75) is 62.1 Å². The molecule has 0 radical (unpaired) electrons. The van der Waals surface area contributed by atoms with Crippen LogP contribution in [0.25, 0.3) is 0 Å². The number of ether oxygens (including phenoxy) is 2. The van der Waals surface area contributed by atoms with Crippen molar-refractivity contribution in [3.8, 4) is 0 Å². The number of carbonyl (C=O) groups excluding carboxylic acids is 1. The molecule has 1 aromatic carbocycles. The highest BCUT2D eigenvalue weighted by atomic mass is 32.2. The van der Waals surface area contributed by atoms with Crippen molar-refractivity contribution >= 4 is 17.7 Å². The maximum absolute atomic E-state index is 11.2. The SMILES string of the molecule is CC(=O)O[C@H]1C[C@@H](Sc2ccccc2)C(C)(C)O[C@@H]1C. The molecule has 1 aliphatic rings. The van der Waals surface area contributed by atoms with Crippen LogP contribution in [0.1, 0.15) is 34.1 Å². The Balaban J connectivity index is 2.10. The highest BCUT2D eigenvalue weighted by Gasteiger charge is 2.43. The molecule has 0 N–H and O–H groups in total. The van der Waals surface area contributed by atoms with E-state index in [1.54, 1.807) is 11.8 Å². The molecular formula is C16H22O3S. The molecule has 3 atom stereocenters. The van der Waals surface area contributed by atoms with Crippen molar-refractivity contribution in [2.75, 3.05) is 0 Å². The highest BCUT2D eigenvalue weighted by molar-refractivity contribution is 8.00. The minimum absolute atomic E-state index is 0.0680. The van der Waals surface area contributed by atoms with E-state index in [1.165, 1.54) is 11.8 Å². The first-order valence-corrected chi connectivity index (χ1v) is 7.83. The van der Waals surface area contributed by atoms with Crippen molar-refractivity contribution in [1.29, 1.82) is 0 Å². The fourth-order valence-electron chi connectivity index (χ4n) is 2.53. The maximum atomic E-state index is 11.2. The fraction of sp³-hybridized carbons (Fsp3) is 0.562. The van der Waals surface area contributed by atoms with Gasteiger partial charge >= 0.3 is 5.97 Å². The molecule has 0 saturated carbocycles. The van der Waals surface area contributed by atoms with Crippen LogP contribution < -0.4 is 0 Å². The lowest BCUT2D eigenvalue weighted by atomic mass is 9.93. The van der Waals surface area contributed by atoms with Crippen molar-refractivity contribution in [2.24, 2.45) is 0 Å². The number of hydrogen-bond donors (Lipinski definition) is 0. The van der Waals surface area contributed by atoms with Gasteiger partial charge in [0.2, 0.25) is 0 Å². The fourth-order valence-corrected chi connectivity index (χ4v) is 3.80. The first kappa shape index (κ1) is 15.4. The average molecular weight is 294 g/mol. The Morgan fingerprint density at radius 1 is 1.35 bits per heavy atom. The van der Waals surface area contributed by atoms with Crippen LogP contribution >= 0.6 is 11.8 Å². The van der Waals surface area contributed by atoms with Crippen LogP contribution in [0.5, 0.6) is 0 Å². The molecule has 0 unspecified atom stereocenters. The molecule has 1 aliphatic heterocycles. The second-order valence-electron chi connectivity index (χ2n) is 5.73. The molecule has 0 amide bonds. The van der Waals surface area contributed by atoms with Crippen LogP contribution in [0.3, 0.4) is 0 Å². The van der Waals surface area contributed by atoms with E-state index in [2.05, 4.69) is 26.0 Å². The smallest absolute Gasteiger partial charge is 0.302 e. The van der Waals surface area contributed by atoms with Gasteiger partial charge in [0.05, 0.1) is 11.7 Å². The molecule has 0 aromatic heterocycles. The van der Waals surface area contributed by atoms with E-state index in [1.807, 2.05) is 25.1 Å². The molecule has 1 fully saturated rings. The number of thioether (sulfide) groups is 1. The molecule has 0 bridgehead atoms. The molecule has 3 nitrogen and oxygen atoms in total.